The van der Waals surface area contributed by atoms with Crippen molar-refractivity contribution >= 4 is 5.82 Å². The Bertz CT molecular complexity index is 370. The van der Waals surface area contributed by atoms with E-state index in [1.165, 1.54) is 6.92 Å². The van der Waals surface area contributed by atoms with Gasteiger partial charge in [0.2, 0.25) is 0 Å². The van der Waals surface area contributed by atoms with Crippen LogP contribution in [0.2, 0.25) is 0 Å². The highest BCUT2D eigenvalue weighted by Crippen LogP contribution is 2.35. The molecule has 84 valence electrons. The zero-order chi connectivity index (χ0) is 11.8. The Morgan fingerprint density at radius 3 is 2.27 bits per heavy atom. The highest BCUT2D eigenvalue weighted by molar-refractivity contribution is 5.43. The maximum atomic E-state index is 12.6. The van der Waals surface area contributed by atoms with Gasteiger partial charge in [0.05, 0.1) is 5.56 Å². The van der Waals surface area contributed by atoms with Crippen LogP contribution in [0.4, 0.5) is 19.0 Å². The van der Waals surface area contributed by atoms with Crippen LogP contribution in [0.3, 0.4) is 0 Å². The number of halogens is 3. The van der Waals surface area contributed by atoms with Crippen molar-refractivity contribution in [3.8, 4) is 0 Å². The molecule has 0 fully saturated rings. The van der Waals surface area contributed by atoms with Gasteiger partial charge < -0.3 is 5.73 Å². The molecular formula is C10H13F3N2. The summed E-state index contributed by atoms with van der Waals surface area (Å²) in [7, 11) is 0. The summed E-state index contributed by atoms with van der Waals surface area (Å²) in [6.07, 6.45) is -4.37. The SMILES string of the molecule is Cc1c(C(F)(F)F)cc(N)nc1C(C)C. The fraction of sp³-hybridized carbons (Fsp3) is 0.500. The number of anilines is 1. The molecule has 5 heteroatoms. The van der Waals surface area contributed by atoms with Crippen LogP contribution in [0.25, 0.3) is 0 Å². The molecule has 0 bridgehead atoms. The van der Waals surface area contributed by atoms with Crippen LogP contribution >= 0.6 is 0 Å². The predicted molar refractivity (Wildman–Crippen MR) is 52.5 cm³/mol. The average Bonchev–Trinajstić information content (AvgIpc) is 2.06. The Morgan fingerprint density at radius 1 is 1.33 bits per heavy atom. The van der Waals surface area contributed by atoms with Gasteiger partial charge in [0.15, 0.2) is 0 Å². The Hall–Kier alpha value is -1.26. The largest absolute Gasteiger partial charge is 0.416 e. The van der Waals surface area contributed by atoms with Gasteiger partial charge in [-0.3, -0.25) is 0 Å². The van der Waals surface area contributed by atoms with E-state index in [0.29, 0.717) is 5.69 Å². The van der Waals surface area contributed by atoms with E-state index in [4.69, 9.17) is 5.73 Å². The van der Waals surface area contributed by atoms with Gasteiger partial charge in [0.1, 0.15) is 5.82 Å². The number of rotatable bonds is 1. The van der Waals surface area contributed by atoms with Gasteiger partial charge in [-0.05, 0) is 24.5 Å². The Morgan fingerprint density at radius 2 is 1.87 bits per heavy atom. The molecule has 0 aromatic carbocycles. The third-order valence-electron chi connectivity index (χ3n) is 2.18. The minimum Gasteiger partial charge on any atom is -0.384 e. The molecule has 2 nitrogen and oxygen atoms in total. The molecule has 0 aliphatic heterocycles. The lowest BCUT2D eigenvalue weighted by Gasteiger charge is -2.16. The molecule has 2 N–H and O–H groups in total. The lowest BCUT2D eigenvalue weighted by molar-refractivity contribution is -0.138. The Labute approximate surface area is 86.3 Å². The summed E-state index contributed by atoms with van der Waals surface area (Å²) < 4.78 is 37.8. The van der Waals surface area contributed by atoms with Crippen molar-refractivity contribution in [3.63, 3.8) is 0 Å². The summed E-state index contributed by atoms with van der Waals surface area (Å²) in [6, 6.07) is 0.876. The van der Waals surface area contributed by atoms with Crippen LogP contribution in [0.1, 0.15) is 36.6 Å². The van der Waals surface area contributed by atoms with E-state index in [2.05, 4.69) is 4.98 Å². The molecule has 0 aliphatic carbocycles. The van der Waals surface area contributed by atoms with E-state index >= 15 is 0 Å². The quantitative estimate of drug-likeness (QED) is 0.786. The third kappa shape index (κ3) is 2.40. The number of hydrogen-bond acceptors (Lipinski definition) is 2. The maximum Gasteiger partial charge on any atom is 0.416 e. The van der Waals surface area contributed by atoms with Crippen molar-refractivity contribution in [2.75, 3.05) is 5.73 Å². The number of nitrogens with two attached hydrogens (primary N) is 1. The predicted octanol–water partition coefficient (Wildman–Crippen LogP) is 3.11. The number of hydrogen-bond donors (Lipinski definition) is 1. The highest BCUT2D eigenvalue weighted by atomic mass is 19.4. The molecule has 0 aliphatic rings. The second kappa shape index (κ2) is 3.72. The first-order chi connectivity index (χ1) is 6.73. The summed E-state index contributed by atoms with van der Waals surface area (Å²) in [5.41, 5.74) is 5.22. The molecule has 0 amide bonds. The standard InChI is InChI=1S/C10H13F3N2/c1-5(2)9-6(3)7(10(11,12)13)4-8(14)15-9/h4-5H,1-3H3,(H2,14,15). The summed E-state index contributed by atoms with van der Waals surface area (Å²) in [5.74, 6) is -0.161. The van der Waals surface area contributed by atoms with Crippen molar-refractivity contribution in [3.05, 3.63) is 22.9 Å². The Balaban J connectivity index is 3.42. The van der Waals surface area contributed by atoms with Crippen LogP contribution < -0.4 is 5.73 Å². The number of nitrogen functional groups attached to an aromatic ring is 1. The first kappa shape index (κ1) is 11.8. The normalized spacial score (nSPS) is 12.2. The second-order valence-electron chi connectivity index (χ2n) is 3.76. The van der Waals surface area contributed by atoms with Gasteiger partial charge in [0.25, 0.3) is 0 Å². The Kier molecular flexibility index (Phi) is 2.93. The van der Waals surface area contributed by atoms with Crippen molar-refractivity contribution in [2.24, 2.45) is 0 Å². The maximum absolute atomic E-state index is 12.6. The van der Waals surface area contributed by atoms with Gasteiger partial charge in [-0.25, -0.2) is 4.98 Å². The minimum atomic E-state index is -4.37. The fourth-order valence-electron chi connectivity index (χ4n) is 1.51. The lowest BCUT2D eigenvalue weighted by Crippen LogP contribution is -2.12. The van der Waals surface area contributed by atoms with E-state index in [1.807, 2.05) is 0 Å². The van der Waals surface area contributed by atoms with Crippen molar-refractivity contribution < 1.29 is 13.2 Å². The highest BCUT2D eigenvalue weighted by Gasteiger charge is 2.34. The van der Waals surface area contributed by atoms with Crippen molar-refractivity contribution in [2.45, 2.75) is 32.9 Å². The van der Waals surface area contributed by atoms with Gasteiger partial charge in [-0.15, -0.1) is 0 Å². The van der Waals surface area contributed by atoms with E-state index in [0.717, 1.165) is 6.07 Å². The molecule has 0 radical (unpaired) electrons. The molecule has 0 saturated heterocycles. The first-order valence-electron chi connectivity index (χ1n) is 4.57. The zero-order valence-electron chi connectivity index (χ0n) is 8.81. The summed E-state index contributed by atoms with van der Waals surface area (Å²) in [6.45, 7) is 4.99. The molecule has 1 heterocycles. The van der Waals surface area contributed by atoms with Crippen LogP contribution in [-0.4, -0.2) is 4.98 Å². The molecule has 0 saturated carbocycles. The number of aromatic nitrogens is 1. The third-order valence-corrected chi connectivity index (χ3v) is 2.18. The fourth-order valence-corrected chi connectivity index (χ4v) is 1.51. The van der Waals surface area contributed by atoms with Crippen LogP contribution in [0.15, 0.2) is 6.07 Å². The average molecular weight is 218 g/mol. The number of nitrogens with zero attached hydrogens (tertiary/aromatic N) is 1. The van der Waals surface area contributed by atoms with E-state index in [1.54, 1.807) is 13.8 Å². The van der Waals surface area contributed by atoms with Gasteiger partial charge in [0, 0.05) is 5.69 Å². The number of pyridine rings is 1. The number of alkyl halides is 3. The molecule has 1 rings (SSSR count). The second-order valence-corrected chi connectivity index (χ2v) is 3.76. The monoisotopic (exact) mass is 218 g/mol. The van der Waals surface area contributed by atoms with Crippen molar-refractivity contribution in [1.82, 2.24) is 4.98 Å². The van der Waals surface area contributed by atoms with Crippen LogP contribution in [-0.2, 0) is 6.18 Å². The summed E-state index contributed by atoms with van der Waals surface area (Å²) in [4.78, 5) is 3.92. The van der Waals surface area contributed by atoms with Crippen molar-refractivity contribution in [1.29, 1.82) is 0 Å². The first-order valence-corrected chi connectivity index (χ1v) is 4.57. The molecule has 1 aromatic heterocycles. The smallest absolute Gasteiger partial charge is 0.384 e. The minimum absolute atomic E-state index is 0.0744. The molecule has 15 heavy (non-hydrogen) atoms. The summed E-state index contributed by atoms with van der Waals surface area (Å²) in [5, 5.41) is 0. The zero-order valence-corrected chi connectivity index (χ0v) is 8.81. The molecule has 1 aromatic rings. The molecule has 0 atom stereocenters. The van der Waals surface area contributed by atoms with E-state index < -0.39 is 11.7 Å². The topological polar surface area (TPSA) is 38.9 Å². The molecular weight excluding hydrogens is 205 g/mol. The molecule has 0 spiro atoms. The van der Waals surface area contributed by atoms with Crippen LogP contribution in [0.5, 0.6) is 0 Å². The van der Waals surface area contributed by atoms with Gasteiger partial charge in [-0.1, -0.05) is 13.8 Å². The van der Waals surface area contributed by atoms with Crippen LogP contribution in [0, 0.1) is 6.92 Å². The van der Waals surface area contributed by atoms with E-state index in [9.17, 15) is 13.2 Å². The molecule has 0 unspecified atom stereocenters. The van der Waals surface area contributed by atoms with E-state index in [-0.39, 0.29) is 17.3 Å². The lowest BCUT2D eigenvalue weighted by atomic mass is 10.00. The van der Waals surface area contributed by atoms with Gasteiger partial charge in [-0.2, -0.15) is 13.2 Å². The summed E-state index contributed by atoms with van der Waals surface area (Å²) >= 11 is 0. The van der Waals surface area contributed by atoms with Gasteiger partial charge >= 0.3 is 6.18 Å².